The summed E-state index contributed by atoms with van der Waals surface area (Å²) in [5, 5.41) is 0. The molecule has 1 aromatic carbocycles. The number of amides is 1. The molecule has 4 heteroatoms. The van der Waals surface area contributed by atoms with Crippen LogP contribution in [0.5, 0.6) is 0 Å². The van der Waals surface area contributed by atoms with E-state index >= 15 is 0 Å². The van der Waals surface area contributed by atoms with Gasteiger partial charge in [-0.3, -0.25) is 4.79 Å². The normalized spacial score (nSPS) is 10.5. The molecule has 0 spiro atoms. The second kappa shape index (κ2) is 5.26. The summed E-state index contributed by atoms with van der Waals surface area (Å²) in [6.45, 7) is 3.97. The van der Waals surface area contributed by atoms with Gasteiger partial charge < -0.3 is 9.32 Å². The van der Waals surface area contributed by atoms with Crippen LogP contribution in [0.4, 0.5) is 4.39 Å². The van der Waals surface area contributed by atoms with E-state index in [1.807, 2.05) is 19.1 Å². The molecule has 0 saturated carbocycles. The number of halogens is 1. The molecule has 0 bridgehead atoms. The van der Waals surface area contributed by atoms with Crippen molar-refractivity contribution in [3.8, 4) is 0 Å². The van der Waals surface area contributed by atoms with Gasteiger partial charge in [0.05, 0.1) is 6.54 Å². The average molecular weight is 261 g/mol. The Labute approximate surface area is 111 Å². The quantitative estimate of drug-likeness (QED) is 0.849. The topological polar surface area (TPSA) is 33.5 Å². The van der Waals surface area contributed by atoms with E-state index in [1.54, 1.807) is 18.9 Å². The van der Waals surface area contributed by atoms with Crippen LogP contribution in [0.3, 0.4) is 0 Å². The van der Waals surface area contributed by atoms with Gasteiger partial charge in [-0.1, -0.05) is 0 Å². The monoisotopic (exact) mass is 261 g/mol. The highest BCUT2D eigenvalue weighted by Gasteiger charge is 2.15. The lowest BCUT2D eigenvalue weighted by atomic mass is 10.1. The van der Waals surface area contributed by atoms with Crippen LogP contribution < -0.4 is 0 Å². The SMILES string of the molecule is Cc1ccc(CN(C)C(=O)c2ccc(F)cc2C)o1. The Kier molecular flexibility index (Phi) is 3.69. The molecule has 100 valence electrons. The molecule has 19 heavy (non-hydrogen) atoms. The first kappa shape index (κ1) is 13.3. The summed E-state index contributed by atoms with van der Waals surface area (Å²) in [6, 6.07) is 7.87. The molecule has 0 fully saturated rings. The predicted molar refractivity (Wildman–Crippen MR) is 70.4 cm³/mol. The van der Waals surface area contributed by atoms with Crippen LogP contribution >= 0.6 is 0 Å². The minimum absolute atomic E-state index is 0.147. The summed E-state index contributed by atoms with van der Waals surface area (Å²) in [7, 11) is 1.70. The van der Waals surface area contributed by atoms with Crippen LogP contribution in [0.1, 0.15) is 27.4 Å². The van der Waals surface area contributed by atoms with Gasteiger partial charge in [-0.05, 0) is 49.7 Å². The van der Waals surface area contributed by atoms with Crippen LogP contribution in [0.15, 0.2) is 34.7 Å². The Morgan fingerprint density at radius 3 is 2.58 bits per heavy atom. The lowest BCUT2D eigenvalue weighted by Crippen LogP contribution is -2.26. The molecule has 2 aromatic rings. The third-order valence-corrected chi connectivity index (χ3v) is 2.95. The maximum Gasteiger partial charge on any atom is 0.254 e. The van der Waals surface area contributed by atoms with E-state index in [9.17, 15) is 9.18 Å². The number of hydrogen-bond acceptors (Lipinski definition) is 2. The first-order chi connectivity index (χ1) is 8.97. The Balaban J connectivity index is 2.14. The third-order valence-electron chi connectivity index (χ3n) is 2.95. The molecule has 0 radical (unpaired) electrons. The predicted octanol–water partition coefficient (Wildman–Crippen LogP) is 3.31. The van der Waals surface area contributed by atoms with Gasteiger partial charge >= 0.3 is 0 Å². The molecule has 0 aliphatic heterocycles. The maximum atomic E-state index is 13.0. The average Bonchev–Trinajstić information content (AvgIpc) is 2.74. The van der Waals surface area contributed by atoms with Gasteiger partial charge in [0, 0.05) is 12.6 Å². The molecular weight excluding hydrogens is 245 g/mol. The maximum absolute atomic E-state index is 13.0. The summed E-state index contributed by atoms with van der Waals surface area (Å²) in [4.78, 5) is 13.8. The molecule has 1 heterocycles. The zero-order valence-electron chi connectivity index (χ0n) is 11.2. The van der Waals surface area contributed by atoms with E-state index in [-0.39, 0.29) is 11.7 Å². The number of furan rings is 1. The molecule has 0 saturated heterocycles. The van der Waals surface area contributed by atoms with Crippen molar-refractivity contribution in [2.75, 3.05) is 7.05 Å². The number of carbonyl (C=O) groups excluding carboxylic acids is 1. The number of nitrogens with zero attached hydrogens (tertiary/aromatic N) is 1. The molecular formula is C15H16FNO2. The Morgan fingerprint density at radius 2 is 2.00 bits per heavy atom. The van der Waals surface area contributed by atoms with Crippen LogP contribution in [0.2, 0.25) is 0 Å². The van der Waals surface area contributed by atoms with Gasteiger partial charge in [0.15, 0.2) is 0 Å². The number of rotatable bonds is 3. The van der Waals surface area contributed by atoms with E-state index in [2.05, 4.69) is 0 Å². The Bertz CT molecular complexity index is 604. The van der Waals surface area contributed by atoms with Gasteiger partial charge in [0.25, 0.3) is 5.91 Å². The van der Waals surface area contributed by atoms with Crippen molar-refractivity contribution in [3.63, 3.8) is 0 Å². The molecule has 1 aromatic heterocycles. The smallest absolute Gasteiger partial charge is 0.254 e. The number of carbonyl (C=O) groups is 1. The summed E-state index contributed by atoms with van der Waals surface area (Å²) in [5.41, 5.74) is 1.14. The summed E-state index contributed by atoms with van der Waals surface area (Å²) in [6.07, 6.45) is 0. The minimum Gasteiger partial charge on any atom is -0.464 e. The molecule has 0 N–H and O–H groups in total. The number of aryl methyl sites for hydroxylation is 2. The molecule has 2 rings (SSSR count). The highest BCUT2D eigenvalue weighted by molar-refractivity contribution is 5.95. The van der Waals surface area contributed by atoms with Crippen molar-refractivity contribution in [2.24, 2.45) is 0 Å². The van der Waals surface area contributed by atoms with Gasteiger partial charge in [-0.25, -0.2) is 4.39 Å². The van der Waals surface area contributed by atoms with Crippen molar-refractivity contribution < 1.29 is 13.6 Å². The molecule has 0 atom stereocenters. The molecule has 1 amide bonds. The highest BCUT2D eigenvalue weighted by Crippen LogP contribution is 2.15. The minimum atomic E-state index is -0.335. The van der Waals surface area contributed by atoms with Gasteiger partial charge in [0.2, 0.25) is 0 Å². The summed E-state index contributed by atoms with van der Waals surface area (Å²) in [5.74, 6) is 1.06. The molecule has 3 nitrogen and oxygen atoms in total. The molecule has 0 unspecified atom stereocenters. The molecule has 0 aliphatic carbocycles. The fourth-order valence-electron chi connectivity index (χ4n) is 1.95. The Morgan fingerprint density at radius 1 is 1.26 bits per heavy atom. The van der Waals surface area contributed by atoms with Crippen molar-refractivity contribution in [3.05, 3.63) is 58.8 Å². The van der Waals surface area contributed by atoms with Crippen molar-refractivity contribution >= 4 is 5.91 Å². The van der Waals surface area contributed by atoms with Crippen molar-refractivity contribution in [1.82, 2.24) is 4.90 Å². The van der Waals surface area contributed by atoms with Crippen molar-refractivity contribution in [2.45, 2.75) is 20.4 Å². The standard InChI is InChI=1S/C15H16FNO2/c1-10-8-12(16)5-7-14(10)15(18)17(3)9-13-6-4-11(2)19-13/h4-8H,9H2,1-3H3. The molecule has 0 aliphatic rings. The second-order valence-electron chi connectivity index (χ2n) is 4.63. The second-order valence-corrected chi connectivity index (χ2v) is 4.63. The third kappa shape index (κ3) is 3.02. The lowest BCUT2D eigenvalue weighted by Gasteiger charge is -2.17. The van der Waals surface area contributed by atoms with Crippen LogP contribution in [0.25, 0.3) is 0 Å². The van der Waals surface area contributed by atoms with Crippen LogP contribution in [0, 0.1) is 19.7 Å². The number of benzene rings is 1. The zero-order valence-corrected chi connectivity index (χ0v) is 11.2. The first-order valence-corrected chi connectivity index (χ1v) is 6.04. The van der Waals surface area contributed by atoms with E-state index < -0.39 is 0 Å². The highest BCUT2D eigenvalue weighted by atomic mass is 19.1. The summed E-state index contributed by atoms with van der Waals surface area (Å²) >= 11 is 0. The van der Waals surface area contributed by atoms with E-state index in [1.165, 1.54) is 18.2 Å². The lowest BCUT2D eigenvalue weighted by molar-refractivity contribution is 0.0774. The van der Waals surface area contributed by atoms with Crippen LogP contribution in [-0.2, 0) is 6.54 Å². The van der Waals surface area contributed by atoms with Gasteiger partial charge in [-0.15, -0.1) is 0 Å². The first-order valence-electron chi connectivity index (χ1n) is 6.04. The fraction of sp³-hybridized carbons (Fsp3) is 0.267. The Hall–Kier alpha value is -2.10. The van der Waals surface area contributed by atoms with E-state index in [4.69, 9.17) is 4.42 Å². The van der Waals surface area contributed by atoms with Crippen molar-refractivity contribution in [1.29, 1.82) is 0 Å². The van der Waals surface area contributed by atoms with E-state index in [0.717, 1.165) is 11.5 Å². The van der Waals surface area contributed by atoms with Crippen LogP contribution in [-0.4, -0.2) is 17.9 Å². The van der Waals surface area contributed by atoms with E-state index in [0.29, 0.717) is 17.7 Å². The number of hydrogen-bond donors (Lipinski definition) is 0. The van der Waals surface area contributed by atoms with Gasteiger partial charge in [0.1, 0.15) is 17.3 Å². The fourth-order valence-corrected chi connectivity index (χ4v) is 1.95. The summed E-state index contributed by atoms with van der Waals surface area (Å²) < 4.78 is 18.5. The van der Waals surface area contributed by atoms with Gasteiger partial charge in [-0.2, -0.15) is 0 Å². The zero-order chi connectivity index (χ0) is 14.0. The largest absolute Gasteiger partial charge is 0.464 e.